The Hall–Kier alpha value is -2.46. The molecule has 1 aliphatic carbocycles. The second-order valence-electron chi connectivity index (χ2n) is 6.49. The standard InChI is InChI=1S/C21H22O4/c1-2-25-20(23)19-17(15-9-5-3-6-10-15)13-21(24,14-18(19)22)16-11-7-4-8-12-16/h3-12,17,19,24H,2,13-14H2,1H3/t17-,19-,21-/m1/s1. The van der Waals surface area contributed by atoms with Crippen molar-refractivity contribution >= 4 is 11.8 Å². The minimum absolute atomic E-state index is 0.0795. The van der Waals surface area contributed by atoms with Gasteiger partial charge in [0, 0.05) is 12.3 Å². The van der Waals surface area contributed by atoms with E-state index in [0.717, 1.165) is 5.56 Å². The predicted octanol–water partition coefficient (Wildman–Crippen LogP) is 3.20. The third-order valence-electron chi connectivity index (χ3n) is 4.85. The second kappa shape index (κ2) is 7.19. The Morgan fingerprint density at radius 3 is 2.32 bits per heavy atom. The maximum Gasteiger partial charge on any atom is 0.317 e. The molecule has 1 saturated carbocycles. The molecule has 2 aromatic rings. The number of ketones is 1. The van der Waals surface area contributed by atoms with Gasteiger partial charge >= 0.3 is 5.97 Å². The van der Waals surface area contributed by atoms with Crippen LogP contribution in [0.25, 0.3) is 0 Å². The van der Waals surface area contributed by atoms with Crippen molar-refractivity contribution in [1.82, 2.24) is 0 Å². The van der Waals surface area contributed by atoms with Crippen molar-refractivity contribution in [1.29, 1.82) is 0 Å². The summed E-state index contributed by atoms with van der Waals surface area (Å²) in [7, 11) is 0. The molecular weight excluding hydrogens is 316 g/mol. The molecule has 0 spiro atoms. The number of aliphatic hydroxyl groups is 1. The second-order valence-corrected chi connectivity index (χ2v) is 6.49. The number of esters is 1. The summed E-state index contributed by atoms with van der Waals surface area (Å²) in [5.41, 5.74) is 0.288. The molecule has 130 valence electrons. The number of ether oxygens (including phenoxy) is 1. The highest BCUT2D eigenvalue weighted by Crippen LogP contribution is 2.46. The molecule has 1 fully saturated rings. The fraction of sp³-hybridized carbons (Fsp3) is 0.333. The van der Waals surface area contributed by atoms with Gasteiger partial charge in [-0.25, -0.2) is 0 Å². The first kappa shape index (κ1) is 17.4. The van der Waals surface area contributed by atoms with Crippen molar-refractivity contribution in [3.8, 4) is 0 Å². The maximum absolute atomic E-state index is 12.8. The van der Waals surface area contributed by atoms with Crippen LogP contribution in [0.4, 0.5) is 0 Å². The zero-order valence-electron chi connectivity index (χ0n) is 14.2. The Kier molecular flexibility index (Phi) is 5.00. The molecule has 0 amide bonds. The molecule has 3 atom stereocenters. The van der Waals surface area contributed by atoms with Gasteiger partial charge in [0.1, 0.15) is 5.92 Å². The summed E-state index contributed by atoms with van der Waals surface area (Å²) < 4.78 is 5.14. The lowest BCUT2D eigenvalue weighted by atomic mass is 9.66. The van der Waals surface area contributed by atoms with Crippen molar-refractivity contribution in [3.63, 3.8) is 0 Å². The summed E-state index contributed by atoms with van der Waals surface area (Å²) in [6.45, 7) is 1.95. The Labute approximate surface area is 147 Å². The normalized spacial score (nSPS) is 26.2. The number of rotatable bonds is 4. The average Bonchev–Trinajstić information content (AvgIpc) is 2.63. The number of hydrogen-bond donors (Lipinski definition) is 1. The molecule has 0 radical (unpaired) electrons. The van der Waals surface area contributed by atoms with Crippen LogP contribution in [0.15, 0.2) is 60.7 Å². The van der Waals surface area contributed by atoms with Crippen LogP contribution in [-0.2, 0) is 19.9 Å². The number of Topliss-reactive ketones (excluding diaryl/α,β-unsaturated/α-hetero) is 1. The van der Waals surface area contributed by atoms with Gasteiger partial charge in [-0.3, -0.25) is 9.59 Å². The summed E-state index contributed by atoms with van der Waals surface area (Å²) in [6, 6.07) is 18.6. The Morgan fingerprint density at radius 1 is 1.12 bits per heavy atom. The molecule has 0 aliphatic heterocycles. The van der Waals surface area contributed by atoms with Crippen molar-refractivity contribution < 1.29 is 19.4 Å². The van der Waals surface area contributed by atoms with Crippen molar-refractivity contribution in [3.05, 3.63) is 71.8 Å². The SMILES string of the molecule is CCOC(=O)[C@H]1C(=O)C[C@@](O)(c2ccccc2)C[C@@H]1c1ccccc1. The summed E-state index contributed by atoms with van der Waals surface area (Å²) >= 11 is 0. The number of benzene rings is 2. The number of carbonyl (C=O) groups excluding carboxylic acids is 2. The van der Waals surface area contributed by atoms with Crippen LogP contribution < -0.4 is 0 Å². The van der Waals surface area contributed by atoms with Crippen molar-refractivity contribution in [2.24, 2.45) is 5.92 Å². The van der Waals surface area contributed by atoms with Crippen LogP contribution in [0.3, 0.4) is 0 Å². The monoisotopic (exact) mass is 338 g/mol. The molecule has 2 aromatic carbocycles. The highest BCUT2D eigenvalue weighted by atomic mass is 16.5. The van der Waals surface area contributed by atoms with Crippen LogP contribution in [0, 0.1) is 5.92 Å². The predicted molar refractivity (Wildman–Crippen MR) is 93.9 cm³/mol. The van der Waals surface area contributed by atoms with E-state index in [1.54, 1.807) is 6.92 Å². The molecule has 0 aromatic heterocycles. The first-order chi connectivity index (χ1) is 12.0. The minimum Gasteiger partial charge on any atom is -0.465 e. The van der Waals surface area contributed by atoms with Gasteiger partial charge in [0.15, 0.2) is 5.78 Å². The molecule has 3 rings (SSSR count). The maximum atomic E-state index is 12.8. The zero-order chi connectivity index (χ0) is 17.9. The molecule has 4 heteroatoms. The first-order valence-corrected chi connectivity index (χ1v) is 8.57. The smallest absolute Gasteiger partial charge is 0.317 e. The Bertz CT molecular complexity index is 741. The highest BCUT2D eigenvalue weighted by molar-refractivity contribution is 6.01. The van der Waals surface area contributed by atoms with E-state index in [9.17, 15) is 14.7 Å². The molecule has 25 heavy (non-hydrogen) atoms. The Balaban J connectivity index is 2.01. The fourth-order valence-corrected chi connectivity index (χ4v) is 3.68. The van der Waals surface area contributed by atoms with E-state index in [2.05, 4.69) is 0 Å². The minimum atomic E-state index is -1.28. The largest absolute Gasteiger partial charge is 0.465 e. The van der Waals surface area contributed by atoms with Crippen LogP contribution >= 0.6 is 0 Å². The van der Waals surface area contributed by atoms with E-state index in [1.165, 1.54) is 0 Å². The first-order valence-electron chi connectivity index (χ1n) is 8.57. The molecule has 0 unspecified atom stereocenters. The molecule has 0 bridgehead atoms. The lowest BCUT2D eigenvalue weighted by Gasteiger charge is -2.40. The van der Waals surface area contributed by atoms with E-state index in [4.69, 9.17) is 4.74 Å². The third-order valence-corrected chi connectivity index (χ3v) is 4.85. The Morgan fingerprint density at radius 2 is 1.72 bits per heavy atom. The summed E-state index contributed by atoms with van der Waals surface area (Å²) in [5, 5.41) is 11.2. The number of carbonyl (C=O) groups is 2. The van der Waals surface area contributed by atoms with Gasteiger partial charge in [-0.2, -0.15) is 0 Å². The van der Waals surface area contributed by atoms with E-state index >= 15 is 0 Å². The van der Waals surface area contributed by atoms with Crippen molar-refractivity contribution in [2.75, 3.05) is 6.61 Å². The van der Waals surface area contributed by atoms with Gasteiger partial charge in [0.2, 0.25) is 0 Å². The van der Waals surface area contributed by atoms with Gasteiger partial charge in [0.05, 0.1) is 12.2 Å². The van der Waals surface area contributed by atoms with E-state index in [1.807, 2.05) is 60.7 Å². The van der Waals surface area contributed by atoms with E-state index in [0.29, 0.717) is 12.0 Å². The topological polar surface area (TPSA) is 63.6 Å². The van der Waals surface area contributed by atoms with Gasteiger partial charge in [0.25, 0.3) is 0 Å². The number of hydrogen-bond acceptors (Lipinski definition) is 4. The molecule has 1 N–H and O–H groups in total. The zero-order valence-corrected chi connectivity index (χ0v) is 14.2. The molecule has 4 nitrogen and oxygen atoms in total. The lowest BCUT2D eigenvalue weighted by Crippen LogP contribution is -2.45. The average molecular weight is 338 g/mol. The third kappa shape index (κ3) is 3.49. The van der Waals surface area contributed by atoms with Gasteiger partial charge in [-0.1, -0.05) is 60.7 Å². The van der Waals surface area contributed by atoms with E-state index < -0.39 is 23.4 Å². The summed E-state index contributed by atoms with van der Waals surface area (Å²) in [4.78, 5) is 25.2. The summed E-state index contributed by atoms with van der Waals surface area (Å²) in [5.74, 6) is -2.06. The molecule has 0 saturated heterocycles. The van der Waals surface area contributed by atoms with Crippen LogP contribution in [0.2, 0.25) is 0 Å². The van der Waals surface area contributed by atoms with Crippen LogP contribution in [0.5, 0.6) is 0 Å². The molecule has 0 heterocycles. The van der Waals surface area contributed by atoms with Gasteiger partial charge in [-0.15, -0.1) is 0 Å². The quantitative estimate of drug-likeness (QED) is 0.687. The fourth-order valence-electron chi connectivity index (χ4n) is 3.68. The van der Waals surface area contributed by atoms with Gasteiger partial charge < -0.3 is 9.84 Å². The summed E-state index contributed by atoms with van der Waals surface area (Å²) in [6.07, 6.45) is 0.222. The van der Waals surface area contributed by atoms with Gasteiger partial charge in [-0.05, 0) is 24.5 Å². The van der Waals surface area contributed by atoms with E-state index in [-0.39, 0.29) is 18.8 Å². The molecule has 1 aliphatic rings. The highest BCUT2D eigenvalue weighted by Gasteiger charge is 2.49. The van der Waals surface area contributed by atoms with Crippen molar-refractivity contribution in [2.45, 2.75) is 31.3 Å². The lowest BCUT2D eigenvalue weighted by molar-refractivity contribution is -0.158. The molecular formula is C21H22O4. The van der Waals surface area contributed by atoms with Crippen LogP contribution in [-0.4, -0.2) is 23.5 Å². The van der Waals surface area contributed by atoms with Crippen LogP contribution in [0.1, 0.15) is 36.8 Å².